The Labute approximate surface area is 111 Å². The van der Waals surface area contributed by atoms with Crippen LogP contribution in [0.25, 0.3) is 0 Å². The summed E-state index contributed by atoms with van der Waals surface area (Å²) in [6.07, 6.45) is 1.18. The molecule has 94 valence electrons. The summed E-state index contributed by atoms with van der Waals surface area (Å²) >= 11 is 0. The molecule has 5 nitrogen and oxygen atoms in total. The van der Waals surface area contributed by atoms with Crippen molar-refractivity contribution in [2.75, 3.05) is 5.32 Å². The second-order valence-corrected chi connectivity index (χ2v) is 4.12. The summed E-state index contributed by atoms with van der Waals surface area (Å²) in [4.78, 5) is 10.5. The Hall–Kier alpha value is -2.63. The van der Waals surface area contributed by atoms with E-state index in [0.717, 1.165) is 5.69 Å². The van der Waals surface area contributed by atoms with Crippen LogP contribution in [-0.4, -0.2) is 19.0 Å². The average molecular weight is 253 g/mol. The highest BCUT2D eigenvalue weighted by Gasteiger charge is 2.14. The molecule has 0 heterocycles. The third kappa shape index (κ3) is 2.79. The zero-order valence-corrected chi connectivity index (χ0v) is 10.4. The van der Waals surface area contributed by atoms with Gasteiger partial charge >= 0.3 is 0 Å². The lowest BCUT2D eigenvalue weighted by molar-refractivity contribution is -0.383. The number of hydrogen-bond donors (Lipinski definition) is 2. The second-order valence-electron chi connectivity index (χ2n) is 4.12. The van der Waals surface area contributed by atoms with Crippen LogP contribution in [0.5, 0.6) is 0 Å². The molecule has 2 aromatic carbocycles. The predicted molar refractivity (Wildman–Crippen MR) is 78.9 cm³/mol. The van der Waals surface area contributed by atoms with Gasteiger partial charge in [0.05, 0.1) is 10.6 Å². The van der Waals surface area contributed by atoms with Crippen molar-refractivity contribution in [3.63, 3.8) is 0 Å². The molecule has 0 bridgehead atoms. The van der Waals surface area contributed by atoms with Gasteiger partial charge in [0.1, 0.15) is 7.85 Å². The summed E-state index contributed by atoms with van der Waals surface area (Å²) in [5, 5.41) is 21.4. The van der Waals surface area contributed by atoms with Gasteiger partial charge in [-0.3, -0.25) is 10.1 Å². The van der Waals surface area contributed by atoms with E-state index < -0.39 is 4.92 Å². The van der Waals surface area contributed by atoms with E-state index in [2.05, 4.69) is 5.32 Å². The summed E-state index contributed by atoms with van der Waals surface area (Å²) in [5.41, 5.74) is 2.58. The third-order valence-corrected chi connectivity index (χ3v) is 2.77. The Morgan fingerprint density at radius 1 is 1.26 bits per heavy atom. The highest BCUT2D eigenvalue weighted by atomic mass is 16.6. The molecule has 0 saturated heterocycles. The van der Waals surface area contributed by atoms with E-state index in [1.54, 1.807) is 13.9 Å². The topological polar surface area (TPSA) is 79.0 Å². The zero-order chi connectivity index (χ0) is 13.8. The minimum Gasteiger partial charge on any atom is -0.355 e. The molecule has 6 heteroatoms. The lowest BCUT2D eigenvalue weighted by atomic mass is 9.91. The van der Waals surface area contributed by atoms with Gasteiger partial charge in [-0.15, -0.1) is 0 Å². The van der Waals surface area contributed by atoms with Crippen molar-refractivity contribution in [2.45, 2.75) is 0 Å². The maximum absolute atomic E-state index is 10.9. The van der Waals surface area contributed by atoms with Crippen LogP contribution in [0.1, 0.15) is 5.56 Å². The first-order chi connectivity index (χ1) is 9.11. The molecule has 0 amide bonds. The minimum absolute atomic E-state index is 0.0454. The van der Waals surface area contributed by atoms with Crippen LogP contribution in [0.3, 0.4) is 0 Å². The van der Waals surface area contributed by atoms with Gasteiger partial charge in [0.15, 0.2) is 0 Å². The number of nitro groups is 1. The summed E-state index contributed by atoms with van der Waals surface area (Å²) in [5.74, 6) is 0. The van der Waals surface area contributed by atoms with Gasteiger partial charge in [-0.1, -0.05) is 24.3 Å². The summed E-state index contributed by atoms with van der Waals surface area (Å²) < 4.78 is 0. The number of nitrogens with one attached hydrogen (secondary N) is 2. The Morgan fingerprint density at radius 2 is 1.95 bits per heavy atom. The Kier molecular flexibility index (Phi) is 3.61. The molecule has 0 radical (unpaired) electrons. The number of hydrogen-bond acceptors (Lipinski definition) is 4. The molecule has 0 aliphatic carbocycles. The van der Waals surface area contributed by atoms with Gasteiger partial charge in [-0.2, -0.15) is 0 Å². The molecule has 0 aliphatic rings. The van der Waals surface area contributed by atoms with Crippen LogP contribution in [0.4, 0.5) is 17.1 Å². The highest BCUT2D eigenvalue weighted by Crippen LogP contribution is 2.23. The summed E-state index contributed by atoms with van der Waals surface area (Å²) in [7, 11) is 1.66. The van der Waals surface area contributed by atoms with Gasteiger partial charge < -0.3 is 10.7 Å². The van der Waals surface area contributed by atoms with Crippen LogP contribution >= 0.6 is 0 Å². The molecule has 2 N–H and O–H groups in total. The predicted octanol–water partition coefficient (Wildman–Crippen LogP) is 1.59. The van der Waals surface area contributed by atoms with Gasteiger partial charge in [0.2, 0.25) is 0 Å². The summed E-state index contributed by atoms with van der Waals surface area (Å²) in [6, 6.07) is 12.4. The maximum Gasteiger partial charge on any atom is 0.265 e. The number of nitrogens with zero attached hydrogens (tertiary/aromatic N) is 1. The molecule has 2 aromatic rings. The molecule has 0 atom stereocenters. The molecule has 0 saturated carbocycles. The van der Waals surface area contributed by atoms with E-state index in [1.165, 1.54) is 12.3 Å². The van der Waals surface area contributed by atoms with Crippen LogP contribution in [0.2, 0.25) is 0 Å². The van der Waals surface area contributed by atoms with Gasteiger partial charge in [0, 0.05) is 23.5 Å². The fourth-order valence-corrected chi connectivity index (χ4v) is 1.82. The van der Waals surface area contributed by atoms with E-state index in [9.17, 15) is 10.1 Å². The maximum atomic E-state index is 10.9. The molecular weight excluding hydrogens is 241 g/mol. The van der Waals surface area contributed by atoms with Crippen molar-refractivity contribution in [1.29, 1.82) is 5.41 Å². The van der Waals surface area contributed by atoms with Crippen molar-refractivity contribution >= 4 is 36.6 Å². The Bertz CT molecular complexity index is 629. The number of nitro benzene ring substituents is 1. The first kappa shape index (κ1) is 12.8. The van der Waals surface area contributed by atoms with Crippen molar-refractivity contribution in [2.24, 2.45) is 0 Å². The molecule has 2 rings (SSSR count). The van der Waals surface area contributed by atoms with E-state index in [0.29, 0.717) is 16.7 Å². The standard InChI is InChI=1S/C13H12BN3O2/c14-11-6-9(8-15)12(7-13(11)17(18)19)16-10-4-2-1-3-5-10/h1-8,15-16H,14H2. The van der Waals surface area contributed by atoms with Crippen LogP contribution in [0, 0.1) is 15.5 Å². The number of benzene rings is 2. The Balaban J connectivity index is 2.46. The van der Waals surface area contributed by atoms with Gasteiger partial charge in [0.25, 0.3) is 5.69 Å². The molecular formula is C13H12BN3O2. The van der Waals surface area contributed by atoms with E-state index >= 15 is 0 Å². The summed E-state index contributed by atoms with van der Waals surface area (Å²) in [6.45, 7) is 0. The smallest absolute Gasteiger partial charge is 0.265 e. The zero-order valence-electron chi connectivity index (χ0n) is 10.4. The average Bonchev–Trinajstić information content (AvgIpc) is 2.41. The fourth-order valence-electron chi connectivity index (χ4n) is 1.82. The van der Waals surface area contributed by atoms with Gasteiger partial charge in [-0.05, 0) is 17.6 Å². The first-order valence-electron chi connectivity index (χ1n) is 5.73. The minimum atomic E-state index is -0.417. The fraction of sp³-hybridized carbons (Fsp3) is 0. The quantitative estimate of drug-likeness (QED) is 0.376. The third-order valence-electron chi connectivity index (χ3n) is 2.77. The lowest BCUT2D eigenvalue weighted by Crippen LogP contribution is -2.12. The van der Waals surface area contributed by atoms with Crippen LogP contribution in [0.15, 0.2) is 42.5 Å². The second kappa shape index (κ2) is 5.35. The van der Waals surface area contributed by atoms with Crippen molar-refractivity contribution in [3.05, 3.63) is 58.1 Å². The van der Waals surface area contributed by atoms with E-state index in [4.69, 9.17) is 5.41 Å². The van der Waals surface area contributed by atoms with Crippen LogP contribution in [-0.2, 0) is 0 Å². The molecule has 0 fully saturated rings. The van der Waals surface area contributed by atoms with E-state index in [-0.39, 0.29) is 5.69 Å². The van der Waals surface area contributed by atoms with Crippen molar-refractivity contribution in [1.82, 2.24) is 0 Å². The first-order valence-corrected chi connectivity index (χ1v) is 5.73. The number of para-hydroxylation sites is 1. The lowest BCUT2D eigenvalue weighted by Gasteiger charge is -2.10. The SMILES string of the molecule is Bc1cc(C=N)c(Nc2ccccc2)cc1[N+](=O)[O-]. The largest absolute Gasteiger partial charge is 0.355 e. The van der Waals surface area contributed by atoms with Gasteiger partial charge in [-0.25, -0.2) is 0 Å². The number of anilines is 2. The normalized spacial score (nSPS) is 9.89. The van der Waals surface area contributed by atoms with Crippen molar-refractivity contribution < 1.29 is 4.92 Å². The number of rotatable bonds is 4. The highest BCUT2D eigenvalue weighted by molar-refractivity contribution is 6.35. The van der Waals surface area contributed by atoms with E-state index in [1.807, 2.05) is 30.3 Å². The Morgan fingerprint density at radius 3 is 2.53 bits per heavy atom. The molecule has 19 heavy (non-hydrogen) atoms. The molecule has 0 aromatic heterocycles. The molecule has 0 unspecified atom stereocenters. The van der Waals surface area contributed by atoms with Crippen LogP contribution < -0.4 is 10.8 Å². The molecule has 0 spiro atoms. The van der Waals surface area contributed by atoms with Crippen molar-refractivity contribution in [3.8, 4) is 0 Å². The monoisotopic (exact) mass is 253 g/mol. The molecule has 0 aliphatic heterocycles.